The number of urea groups is 1. The number of nitrogens with two attached hydrogens (primary N) is 1. The van der Waals surface area contributed by atoms with Crippen LogP contribution >= 0.6 is 0 Å². The zero-order chi connectivity index (χ0) is 11.5. The quantitative estimate of drug-likeness (QED) is 0.670. The highest BCUT2D eigenvalue weighted by Gasteiger charge is 2.38. The first-order valence-electron chi connectivity index (χ1n) is 4.04. The summed E-state index contributed by atoms with van der Waals surface area (Å²) in [5, 5.41) is 2.10. The van der Waals surface area contributed by atoms with Crippen LogP contribution in [0.25, 0.3) is 0 Å². The monoisotopic (exact) mass is 229 g/mol. The second-order valence-corrected chi connectivity index (χ2v) is 5.15. The minimum atomic E-state index is -3.64. The number of rotatable bonds is 2. The van der Waals surface area contributed by atoms with Crippen LogP contribution in [0.3, 0.4) is 0 Å². The number of nitrogens with one attached hydrogen (secondary N) is 1. The van der Waals surface area contributed by atoms with Crippen molar-refractivity contribution < 1.29 is 13.2 Å². The third-order valence-electron chi connectivity index (χ3n) is 1.76. The molecule has 0 aliphatic carbocycles. The highest BCUT2D eigenvalue weighted by atomic mass is 32.2. The summed E-state index contributed by atoms with van der Waals surface area (Å²) in [5.74, 6) is 0. The molecule has 15 heavy (non-hydrogen) atoms. The largest absolute Gasteiger partial charge is 0.352 e. The van der Waals surface area contributed by atoms with Crippen LogP contribution in [0, 0.1) is 0 Å². The molecule has 3 N–H and O–H groups in total. The smallest absolute Gasteiger partial charge is 0.315 e. The molecule has 0 radical (unpaired) electrons. The summed E-state index contributed by atoms with van der Waals surface area (Å²) in [6.07, 6.45) is 8.13. The summed E-state index contributed by atoms with van der Waals surface area (Å²) in [4.78, 5) is 12.7. The summed E-state index contributed by atoms with van der Waals surface area (Å²) in [6.45, 7) is 0. The van der Waals surface area contributed by atoms with Gasteiger partial charge in [0.1, 0.15) is 0 Å². The van der Waals surface area contributed by atoms with Crippen LogP contribution in [0.15, 0.2) is 29.3 Å². The molecule has 0 saturated heterocycles. The number of carbonyl (C=O) groups is 1. The van der Waals surface area contributed by atoms with Gasteiger partial charge in [0.2, 0.25) is 0 Å². The molecule has 0 aromatic carbocycles. The van der Waals surface area contributed by atoms with E-state index in [1.807, 2.05) is 0 Å². The lowest BCUT2D eigenvalue weighted by Crippen LogP contribution is -2.53. The van der Waals surface area contributed by atoms with Crippen LogP contribution in [0.5, 0.6) is 0 Å². The number of hydrogen-bond acceptors (Lipinski definition) is 4. The van der Waals surface area contributed by atoms with E-state index in [0.717, 1.165) is 6.26 Å². The summed E-state index contributed by atoms with van der Waals surface area (Å²) in [7, 11) is -3.64. The molecule has 1 rings (SSSR count). The van der Waals surface area contributed by atoms with Gasteiger partial charge < -0.3 is 5.73 Å². The molecule has 2 amide bonds. The van der Waals surface area contributed by atoms with Crippen molar-refractivity contribution in [3.63, 3.8) is 0 Å². The van der Waals surface area contributed by atoms with E-state index in [2.05, 4.69) is 10.3 Å². The van der Waals surface area contributed by atoms with Gasteiger partial charge in [-0.05, 0) is 12.2 Å². The Balaban J connectivity index is 3.25. The van der Waals surface area contributed by atoms with Crippen LogP contribution in [0.1, 0.15) is 0 Å². The van der Waals surface area contributed by atoms with Crippen LogP contribution in [-0.4, -0.2) is 31.9 Å². The summed E-state index contributed by atoms with van der Waals surface area (Å²) >= 11 is 0. The summed E-state index contributed by atoms with van der Waals surface area (Å²) in [6, 6.07) is -0.955. The number of hydrogen-bond donors (Lipinski definition) is 2. The van der Waals surface area contributed by atoms with Crippen LogP contribution < -0.4 is 11.1 Å². The van der Waals surface area contributed by atoms with E-state index in [1.54, 1.807) is 12.2 Å². The Morgan fingerprint density at radius 2 is 2.07 bits per heavy atom. The van der Waals surface area contributed by atoms with E-state index >= 15 is 0 Å². The first kappa shape index (κ1) is 11.4. The fourth-order valence-electron chi connectivity index (χ4n) is 1.06. The first-order valence-corrected chi connectivity index (χ1v) is 5.93. The van der Waals surface area contributed by atoms with Gasteiger partial charge in [0.15, 0.2) is 9.84 Å². The minimum absolute atomic E-state index is 0.955. The van der Waals surface area contributed by atoms with Gasteiger partial charge >= 0.3 is 6.03 Å². The van der Waals surface area contributed by atoms with Crippen molar-refractivity contribution in [2.24, 2.45) is 10.7 Å². The van der Waals surface area contributed by atoms with Crippen molar-refractivity contribution in [3.05, 3.63) is 24.3 Å². The number of amides is 2. The third kappa shape index (κ3) is 2.44. The van der Waals surface area contributed by atoms with Gasteiger partial charge in [0, 0.05) is 12.5 Å². The van der Waals surface area contributed by atoms with Gasteiger partial charge in [-0.25, -0.2) is 18.2 Å². The molecule has 7 heteroatoms. The summed E-state index contributed by atoms with van der Waals surface area (Å²) in [5.41, 5.74) is 4.91. The molecule has 0 fully saturated rings. The number of nitrogens with zero attached hydrogens (tertiary/aromatic N) is 1. The van der Waals surface area contributed by atoms with E-state index in [1.165, 1.54) is 18.4 Å². The van der Waals surface area contributed by atoms with Crippen LogP contribution in [0.2, 0.25) is 0 Å². The molecule has 6 nitrogen and oxygen atoms in total. The summed E-state index contributed by atoms with van der Waals surface area (Å²) < 4.78 is 23.1. The average Bonchev–Trinajstić information content (AvgIpc) is 2.28. The molecule has 1 heterocycles. The zero-order valence-electron chi connectivity index (χ0n) is 8.04. The fraction of sp³-hybridized carbons (Fsp3) is 0.250. The Hall–Kier alpha value is -1.63. The second-order valence-electron chi connectivity index (χ2n) is 2.98. The van der Waals surface area contributed by atoms with Crippen LogP contribution in [0.4, 0.5) is 4.79 Å². The highest BCUT2D eigenvalue weighted by Crippen LogP contribution is 2.18. The Morgan fingerprint density at radius 3 is 2.60 bits per heavy atom. The maximum Gasteiger partial charge on any atom is 0.315 e. The van der Waals surface area contributed by atoms with Crippen molar-refractivity contribution >= 4 is 22.1 Å². The van der Waals surface area contributed by atoms with Crippen molar-refractivity contribution in [1.82, 2.24) is 5.32 Å². The van der Waals surface area contributed by atoms with E-state index < -0.39 is 20.9 Å². The molecule has 82 valence electrons. The number of allylic oxidation sites excluding steroid dienone is 3. The molecular formula is C8H11N3O3S. The topological polar surface area (TPSA) is 102 Å². The maximum absolute atomic E-state index is 11.5. The highest BCUT2D eigenvalue weighted by molar-refractivity contribution is 7.92. The normalized spacial score (nSPS) is 24.9. The molecular weight excluding hydrogens is 218 g/mol. The Morgan fingerprint density at radius 1 is 1.40 bits per heavy atom. The third-order valence-corrected chi connectivity index (χ3v) is 3.24. The molecule has 0 spiro atoms. The van der Waals surface area contributed by atoms with Crippen molar-refractivity contribution in [2.45, 2.75) is 4.99 Å². The molecule has 0 aromatic rings. The van der Waals surface area contributed by atoms with Gasteiger partial charge in [0.05, 0.1) is 0 Å². The van der Waals surface area contributed by atoms with E-state index in [0.29, 0.717) is 0 Å². The van der Waals surface area contributed by atoms with Crippen molar-refractivity contribution in [2.75, 3.05) is 6.26 Å². The number of carbonyl (C=O) groups excluding carboxylic acids is 1. The SMILES string of the molecule is CS(=O)(=O)C1(NC(N)=O)C=CC=CC=N1. The Kier molecular flexibility index (Phi) is 2.94. The lowest BCUT2D eigenvalue weighted by Gasteiger charge is -2.23. The van der Waals surface area contributed by atoms with Gasteiger partial charge in [-0.15, -0.1) is 0 Å². The van der Waals surface area contributed by atoms with Gasteiger partial charge in [-0.3, -0.25) is 5.32 Å². The Labute approximate surface area is 87.5 Å². The first-order chi connectivity index (χ1) is 6.87. The fourth-order valence-corrected chi connectivity index (χ4v) is 1.92. The van der Waals surface area contributed by atoms with Crippen molar-refractivity contribution in [3.8, 4) is 0 Å². The minimum Gasteiger partial charge on any atom is -0.352 e. The van der Waals surface area contributed by atoms with Gasteiger partial charge in [-0.2, -0.15) is 0 Å². The predicted octanol–water partition coefficient (Wildman–Crippen LogP) is -0.450. The lowest BCUT2D eigenvalue weighted by atomic mass is 10.4. The molecule has 1 aliphatic heterocycles. The predicted molar refractivity (Wildman–Crippen MR) is 57.1 cm³/mol. The molecule has 1 aliphatic rings. The van der Waals surface area contributed by atoms with E-state index in [4.69, 9.17) is 5.73 Å². The zero-order valence-corrected chi connectivity index (χ0v) is 8.86. The number of aliphatic imine (C=N–C) groups is 1. The molecule has 0 saturated carbocycles. The molecule has 0 aromatic heterocycles. The lowest BCUT2D eigenvalue weighted by molar-refractivity contribution is 0.245. The van der Waals surface area contributed by atoms with E-state index in [-0.39, 0.29) is 0 Å². The number of primary amides is 1. The molecule has 1 atom stereocenters. The second kappa shape index (κ2) is 3.85. The number of sulfone groups is 1. The van der Waals surface area contributed by atoms with Crippen LogP contribution in [-0.2, 0) is 9.84 Å². The average molecular weight is 229 g/mol. The van der Waals surface area contributed by atoms with Gasteiger partial charge in [-0.1, -0.05) is 12.2 Å². The molecule has 0 bridgehead atoms. The Bertz CT molecular complexity index is 432. The van der Waals surface area contributed by atoms with E-state index in [9.17, 15) is 13.2 Å². The maximum atomic E-state index is 11.5. The van der Waals surface area contributed by atoms with Gasteiger partial charge in [0.25, 0.3) is 4.99 Å². The van der Waals surface area contributed by atoms with Crippen molar-refractivity contribution in [1.29, 1.82) is 0 Å². The molecule has 1 unspecified atom stereocenters. The standard InChI is InChI=1S/C8H11N3O3S/c1-15(13,14)8(11-7(9)12)5-3-2-4-6-10-8/h2-6H,1H3,(H3,9,11,12).